The van der Waals surface area contributed by atoms with E-state index in [4.69, 9.17) is 27.9 Å². The Kier molecular flexibility index (Phi) is 6.43. The number of ether oxygens (including phenoxy) is 1. The standard InChI is InChI=1S/C10H16Cl2N2OS/c1-3-14(5-6-15-4-2)10-13-9(12)8(7-11)16-10/h3-7H2,1-2H3. The Morgan fingerprint density at radius 1 is 1.44 bits per heavy atom. The van der Waals surface area contributed by atoms with Crippen LogP contribution in [0.1, 0.15) is 18.7 Å². The van der Waals surface area contributed by atoms with Crippen molar-refractivity contribution in [2.75, 3.05) is 31.2 Å². The lowest BCUT2D eigenvalue weighted by atomic mass is 10.5. The fourth-order valence-electron chi connectivity index (χ4n) is 1.25. The highest BCUT2D eigenvalue weighted by atomic mass is 35.5. The molecule has 1 heterocycles. The zero-order chi connectivity index (χ0) is 12.0. The number of anilines is 1. The van der Waals surface area contributed by atoms with Gasteiger partial charge in [-0.1, -0.05) is 22.9 Å². The third-order valence-corrected chi connectivity index (χ3v) is 4.09. The number of thiazole rings is 1. The van der Waals surface area contributed by atoms with E-state index in [1.54, 1.807) is 11.3 Å². The van der Waals surface area contributed by atoms with E-state index < -0.39 is 0 Å². The molecule has 0 unspecified atom stereocenters. The van der Waals surface area contributed by atoms with Crippen LogP contribution in [0.5, 0.6) is 0 Å². The first-order valence-corrected chi connectivity index (χ1v) is 6.99. The number of aromatic nitrogens is 1. The molecule has 0 aliphatic heterocycles. The van der Waals surface area contributed by atoms with Crippen LogP contribution >= 0.6 is 34.5 Å². The van der Waals surface area contributed by atoms with Gasteiger partial charge in [-0.25, -0.2) is 4.98 Å². The second-order valence-corrected chi connectivity index (χ2v) is 4.81. The summed E-state index contributed by atoms with van der Waals surface area (Å²) in [5.74, 6) is 0.416. The van der Waals surface area contributed by atoms with Crippen molar-refractivity contribution in [3.8, 4) is 0 Å². The molecule has 0 amide bonds. The molecule has 1 aromatic heterocycles. The summed E-state index contributed by atoms with van der Waals surface area (Å²) >= 11 is 13.3. The lowest BCUT2D eigenvalue weighted by Gasteiger charge is -2.19. The summed E-state index contributed by atoms with van der Waals surface area (Å²) in [6, 6.07) is 0. The van der Waals surface area contributed by atoms with Gasteiger partial charge in [-0.05, 0) is 13.8 Å². The molecule has 16 heavy (non-hydrogen) atoms. The molecule has 6 heteroatoms. The fourth-order valence-corrected chi connectivity index (χ4v) is 2.81. The Hall–Kier alpha value is -0.0300. The van der Waals surface area contributed by atoms with Crippen LogP contribution in [0.2, 0.25) is 5.15 Å². The average molecular weight is 283 g/mol. The van der Waals surface area contributed by atoms with Crippen LogP contribution in [-0.4, -0.2) is 31.3 Å². The molecule has 1 rings (SSSR count). The van der Waals surface area contributed by atoms with Gasteiger partial charge in [0.2, 0.25) is 0 Å². The number of alkyl halides is 1. The number of nitrogens with zero attached hydrogens (tertiary/aromatic N) is 2. The first kappa shape index (κ1) is 14.0. The Bertz CT molecular complexity index is 320. The fraction of sp³-hybridized carbons (Fsp3) is 0.700. The highest BCUT2D eigenvalue weighted by Crippen LogP contribution is 2.30. The van der Waals surface area contributed by atoms with Crippen molar-refractivity contribution in [3.63, 3.8) is 0 Å². The van der Waals surface area contributed by atoms with E-state index >= 15 is 0 Å². The number of likely N-dealkylation sites (N-methyl/N-ethyl adjacent to an activating group) is 1. The largest absolute Gasteiger partial charge is 0.380 e. The Morgan fingerprint density at radius 2 is 2.19 bits per heavy atom. The minimum atomic E-state index is 0.416. The number of rotatable bonds is 7. The van der Waals surface area contributed by atoms with E-state index in [2.05, 4.69) is 16.8 Å². The highest BCUT2D eigenvalue weighted by Gasteiger charge is 2.13. The Morgan fingerprint density at radius 3 is 2.69 bits per heavy atom. The minimum Gasteiger partial charge on any atom is -0.380 e. The summed E-state index contributed by atoms with van der Waals surface area (Å²) in [7, 11) is 0. The van der Waals surface area contributed by atoms with Gasteiger partial charge in [0.15, 0.2) is 5.13 Å². The zero-order valence-electron chi connectivity index (χ0n) is 9.50. The van der Waals surface area contributed by atoms with Crippen LogP contribution < -0.4 is 4.90 Å². The van der Waals surface area contributed by atoms with Crippen LogP contribution in [0.15, 0.2) is 0 Å². The summed E-state index contributed by atoms with van der Waals surface area (Å²) in [6.07, 6.45) is 0. The second-order valence-electron chi connectivity index (χ2n) is 3.12. The summed E-state index contributed by atoms with van der Waals surface area (Å²) in [5.41, 5.74) is 0. The second kappa shape index (κ2) is 7.33. The van der Waals surface area contributed by atoms with Crippen molar-refractivity contribution in [2.45, 2.75) is 19.7 Å². The van der Waals surface area contributed by atoms with E-state index in [0.29, 0.717) is 17.6 Å². The molecule has 92 valence electrons. The molecule has 0 saturated heterocycles. The third-order valence-electron chi connectivity index (χ3n) is 2.12. The van der Waals surface area contributed by atoms with Gasteiger partial charge < -0.3 is 9.64 Å². The SMILES string of the molecule is CCOCCN(CC)c1nc(Cl)c(CCl)s1. The molecule has 1 aromatic rings. The molecule has 0 fully saturated rings. The van der Waals surface area contributed by atoms with Crippen LogP contribution in [-0.2, 0) is 10.6 Å². The Balaban J connectivity index is 2.63. The van der Waals surface area contributed by atoms with Crippen molar-refractivity contribution in [1.82, 2.24) is 4.98 Å². The van der Waals surface area contributed by atoms with E-state index in [1.165, 1.54) is 0 Å². The molecule has 0 atom stereocenters. The zero-order valence-corrected chi connectivity index (χ0v) is 11.8. The van der Waals surface area contributed by atoms with Crippen LogP contribution in [0.4, 0.5) is 5.13 Å². The first-order valence-electron chi connectivity index (χ1n) is 5.26. The highest BCUT2D eigenvalue weighted by molar-refractivity contribution is 7.16. The molecule has 0 radical (unpaired) electrons. The van der Waals surface area contributed by atoms with Crippen molar-refractivity contribution >= 4 is 39.7 Å². The van der Waals surface area contributed by atoms with E-state index in [9.17, 15) is 0 Å². The van der Waals surface area contributed by atoms with Crippen molar-refractivity contribution < 1.29 is 4.74 Å². The van der Waals surface area contributed by atoms with Crippen molar-refractivity contribution in [2.24, 2.45) is 0 Å². The summed E-state index contributed by atoms with van der Waals surface area (Å²) < 4.78 is 5.33. The molecule has 0 spiro atoms. The molecular formula is C10H16Cl2N2OS. The van der Waals surface area contributed by atoms with E-state index in [-0.39, 0.29) is 0 Å². The predicted octanol–water partition coefficient (Wildman–Crippen LogP) is 3.40. The van der Waals surface area contributed by atoms with Crippen molar-refractivity contribution in [1.29, 1.82) is 0 Å². The van der Waals surface area contributed by atoms with E-state index in [1.807, 2.05) is 6.92 Å². The predicted molar refractivity (Wildman–Crippen MR) is 71.1 cm³/mol. The minimum absolute atomic E-state index is 0.416. The topological polar surface area (TPSA) is 25.4 Å². The Labute approximate surface area is 110 Å². The van der Waals surface area contributed by atoms with Gasteiger partial charge in [0, 0.05) is 19.7 Å². The maximum Gasteiger partial charge on any atom is 0.187 e. The maximum absolute atomic E-state index is 5.96. The molecule has 0 aliphatic carbocycles. The normalized spacial score (nSPS) is 10.8. The molecule has 0 N–H and O–H groups in total. The molecule has 0 bridgehead atoms. The first-order chi connectivity index (χ1) is 7.72. The van der Waals surface area contributed by atoms with Gasteiger partial charge in [-0.3, -0.25) is 0 Å². The number of hydrogen-bond acceptors (Lipinski definition) is 4. The summed E-state index contributed by atoms with van der Waals surface area (Å²) in [6.45, 7) is 7.24. The average Bonchev–Trinajstić information content (AvgIpc) is 2.66. The lowest BCUT2D eigenvalue weighted by Crippen LogP contribution is -2.26. The maximum atomic E-state index is 5.96. The van der Waals surface area contributed by atoms with Gasteiger partial charge in [0.25, 0.3) is 0 Å². The quantitative estimate of drug-likeness (QED) is 0.566. The van der Waals surface area contributed by atoms with Gasteiger partial charge in [0.1, 0.15) is 5.15 Å². The van der Waals surface area contributed by atoms with Crippen LogP contribution in [0, 0.1) is 0 Å². The summed E-state index contributed by atoms with van der Waals surface area (Å²) in [5, 5.41) is 1.44. The molecular weight excluding hydrogens is 267 g/mol. The third kappa shape index (κ3) is 3.77. The molecule has 3 nitrogen and oxygen atoms in total. The molecule has 0 aromatic carbocycles. The van der Waals surface area contributed by atoms with Crippen LogP contribution in [0.25, 0.3) is 0 Å². The lowest BCUT2D eigenvalue weighted by molar-refractivity contribution is 0.154. The number of halogens is 2. The van der Waals surface area contributed by atoms with E-state index in [0.717, 1.165) is 29.7 Å². The van der Waals surface area contributed by atoms with Gasteiger partial charge in [-0.2, -0.15) is 0 Å². The molecule has 0 saturated carbocycles. The van der Waals surface area contributed by atoms with Crippen LogP contribution in [0.3, 0.4) is 0 Å². The summed E-state index contributed by atoms with van der Waals surface area (Å²) in [4.78, 5) is 7.37. The number of hydrogen-bond donors (Lipinski definition) is 0. The van der Waals surface area contributed by atoms with Gasteiger partial charge >= 0.3 is 0 Å². The smallest absolute Gasteiger partial charge is 0.187 e. The molecule has 0 aliphatic rings. The van der Waals surface area contributed by atoms with Gasteiger partial charge in [-0.15, -0.1) is 11.6 Å². The van der Waals surface area contributed by atoms with Gasteiger partial charge in [0.05, 0.1) is 17.4 Å². The monoisotopic (exact) mass is 282 g/mol. The van der Waals surface area contributed by atoms with Crippen molar-refractivity contribution in [3.05, 3.63) is 10.0 Å².